The maximum atomic E-state index is 13.6. The smallest absolute Gasteiger partial charge is 0.276 e. The van der Waals surface area contributed by atoms with E-state index in [1.165, 1.54) is 16.8 Å². The number of nitrogens with zero attached hydrogens (tertiary/aromatic N) is 7. The van der Waals surface area contributed by atoms with Crippen molar-refractivity contribution in [1.82, 2.24) is 33.6 Å². The molecule has 0 atom stereocenters. The number of fused-ring (bicyclic) bond motifs is 3. The number of hydrogen-bond acceptors (Lipinski definition) is 8. The molecule has 0 bridgehead atoms. The number of nitrogens with one attached hydrogen (secondary N) is 2. The summed E-state index contributed by atoms with van der Waals surface area (Å²) in [5, 5.41) is 11.3. The molecule has 1 aromatic carbocycles. The third-order valence-corrected chi connectivity index (χ3v) is 10.2. The maximum Gasteiger partial charge on any atom is 0.276 e. The number of carbonyl (C=O) groups excluding carboxylic acids is 1. The fourth-order valence-electron chi connectivity index (χ4n) is 6.06. The number of amides is 1. The van der Waals surface area contributed by atoms with Crippen LogP contribution in [0, 0.1) is 0 Å². The van der Waals surface area contributed by atoms with Gasteiger partial charge in [-0.25, -0.2) is 23.4 Å². The summed E-state index contributed by atoms with van der Waals surface area (Å²) in [5.74, 6) is 0.269. The van der Waals surface area contributed by atoms with Gasteiger partial charge in [-0.15, -0.1) is 0 Å². The molecule has 1 aliphatic heterocycles. The molecule has 0 spiro atoms. The predicted molar refractivity (Wildman–Crippen MR) is 163 cm³/mol. The van der Waals surface area contributed by atoms with E-state index in [-0.39, 0.29) is 17.0 Å². The van der Waals surface area contributed by atoms with E-state index in [9.17, 15) is 13.2 Å². The van der Waals surface area contributed by atoms with Gasteiger partial charge in [0.05, 0.1) is 17.7 Å². The zero-order chi connectivity index (χ0) is 30.3. The average Bonchev–Trinajstić information content (AvgIpc) is 3.61. The van der Waals surface area contributed by atoms with Crippen LogP contribution in [0.3, 0.4) is 0 Å². The number of para-hydroxylation sites is 1. The highest BCUT2D eigenvalue weighted by Gasteiger charge is 2.32. The van der Waals surface area contributed by atoms with E-state index in [1.54, 1.807) is 16.3 Å². The first-order valence-electron chi connectivity index (χ1n) is 14.8. The van der Waals surface area contributed by atoms with Crippen molar-refractivity contribution >= 4 is 27.6 Å². The highest BCUT2D eigenvalue weighted by molar-refractivity contribution is 7.89. The molecule has 4 aromatic rings. The Labute approximate surface area is 251 Å². The summed E-state index contributed by atoms with van der Waals surface area (Å²) in [5.41, 5.74) is 6.99. The predicted octanol–water partition coefficient (Wildman–Crippen LogP) is 3.35. The fraction of sp³-hybridized carbons (Fsp3) is 0.433. The number of sulfonamides is 1. The van der Waals surface area contributed by atoms with Crippen LogP contribution >= 0.6 is 0 Å². The SMILES string of the molecule is CCc1cccc(CC)c1NC(=O)c1nn(C)c2c1CCc1cnc(NC3CCN(S(=O)(=O)c4cn(C)cn4)CC3)nc1-2. The monoisotopic (exact) mass is 603 g/mol. The highest BCUT2D eigenvalue weighted by Crippen LogP contribution is 2.35. The molecule has 6 rings (SSSR count). The van der Waals surface area contributed by atoms with Crippen LogP contribution in [0.1, 0.15) is 59.4 Å². The Morgan fingerprint density at radius 2 is 1.77 bits per heavy atom. The van der Waals surface area contributed by atoms with Gasteiger partial charge in [0.15, 0.2) is 10.7 Å². The molecule has 12 nitrogen and oxygen atoms in total. The second-order valence-corrected chi connectivity index (χ2v) is 13.1. The van der Waals surface area contributed by atoms with Gasteiger partial charge in [-0.1, -0.05) is 32.0 Å². The molecule has 0 radical (unpaired) electrons. The molecule has 0 unspecified atom stereocenters. The number of aromatic nitrogens is 6. The van der Waals surface area contributed by atoms with Gasteiger partial charge in [-0.2, -0.15) is 9.40 Å². The Kier molecular flexibility index (Phi) is 7.77. The van der Waals surface area contributed by atoms with Gasteiger partial charge < -0.3 is 15.2 Å². The van der Waals surface area contributed by atoms with Crippen molar-refractivity contribution in [3.8, 4) is 11.4 Å². The first kappa shape index (κ1) is 29.0. The largest absolute Gasteiger partial charge is 0.351 e. The van der Waals surface area contributed by atoms with Crippen molar-refractivity contribution in [2.45, 2.75) is 63.4 Å². The van der Waals surface area contributed by atoms with E-state index in [0.29, 0.717) is 50.4 Å². The minimum Gasteiger partial charge on any atom is -0.351 e. The fourth-order valence-corrected chi connectivity index (χ4v) is 7.50. The molecule has 2 aliphatic rings. The summed E-state index contributed by atoms with van der Waals surface area (Å²) in [6.07, 6.45) is 9.12. The van der Waals surface area contributed by atoms with Gasteiger partial charge in [-0.05, 0) is 55.2 Å². The highest BCUT2D eigenvalue weighted by atomic mass is 32.2. The third kappa shape index (κ3) is 5.42. The quantitative estimate of drug-likeness (QED) is 0.313. The second-order valence-electron chi connectivity index (χ2n) is 11.2. The van der Waals surface area contributed by atoms with Crippen LogP contribution in [-0.4, -0.2) is 67.1 Å². The first-order valence-corrected chi connectivity index (χ1v) is 16.2. The summed E-state index contributed by atoms with van der Waals surface area (Å²) < 4.78 is 30.8. The lowest BCUT2D eigenvalue weighted by Crippen LogP contribution is -2.42. The topological polar surface area (TPSA) is 140 Å². The molecule has 13 heteroatoms. The van der Waals surface area contributed by atoms with Crippen LogP contribution in [0.4, 0.5) is 11.6 Å². The number of aryl methyl sites for hydroxylation is 5. The average molecular weight is 604 g/mol. The van der Waals surface area contributed by atoms with Crippen LogP contribution < -0.4 is 10.6 Å². The Morgan fingerprint density at radius 3 is 2.42 bits per heavy atom. The van der Waals surface area contributed by atoms with Crippen LogP contribution in [0.25, 0.3) is 11.4 Å². The molecule has 2 N–H and O–H groups in total. The van der Waals surface area contributed by atoms with Crippen molar-refractivity contribution in [3.63, 3.8) is 0 Å². The van der Waals surface area contributed by atoms with Gasteiger partial charge in [0, 0.05) is 56.9 Å². The van der Waals surface area contributed by atoms with Gasteiger partial charge in [0.1, 0.15) is 0 Å². The number of carbonyl (C=O) groups is 1. The van der Waals surface area contributed by atoms with Gasteiger partial charge in [0.25, 0.3) is 15.9 Å². The number of anilines is 2. The van der Waals surface area contributed by atoms with Crippen LogP contribution in [-0.2, 0) is 49.8 Å². The van der Waals surface area contributed by atoms with Gasteiger partial charge in [-0.3, -0.25) is 9.48 Å². The van der Waals surface area contributed by atoms with Gasteiger partial charge in [0.2, 0.25) is 5.95 Å². The normalized spacial score (nSPS) is 15.6. The summed E-state index contributed by atoms with van der Waals surface area (Å²) in [7, 11) is -0.0288. The zero-order valence-corrected chi connectivity index (χ0v) is 25.8. The van der Waals surface area contributed by atoms with Crippen LogP contribution in [0.15, 0.2) is 41.9 Å². The number of imidazole rings is 1. The molecule has 1 saturated heterocycles. The van der Waals surface area contributed by atoms with E-state index in [4.69, 9.17) is 4.98 Å². The Balaban J connectivity index is 1.19. The third-order valence-electron chi connectivity index (χ3n) is 8.40. The molecular weight excluding hydrogens is 566 g/mol. The molecule has 0 saturated carbocycles. The molecule has 226 valence electrons. The Bertz CT molecular complexity index is 1760. The summed E-state index contributed by atoms with van der Waals surface area (Å²) in [6.45, 7) is 4.94. The molecule has 1 amide bonds. The van der Waals surface area contributed by atoms with Crippen molar-refractivity contribution in [3.05, 3.63) is 64.9 Å². The number of piperidine rings is 1. The minimum atomic E-state index is -3.62. The minimum absolute atomic E-state index is 0.0237. The number of benzene rings is 1. The summed E-state index contributed by atoms with van der Waals surface area (Å²) >= 11 is 0. The zero-order valence-electron chi connectivity index (χ0n) is 25.0. The van der Waals surface area contributed by atoms with Crippen molar-refractivity contribution in [1.29, 1.82) is 0 Å². The van der Waals surface area contributed by atoms with E-state index in [0.717, 1.165) is 52.2 Å². The number of hydrogen-bond donors (Lipinski definition) is 2. The van der Waals surface area contributed by atoms with Crippen molar-refractivity contribution in [2.24, 2.45) is 14.1 Å². The molecular formula is C30H37N9O3S. The molecule has 1 aliphatic carbocycles. The van der Waals surface area contributed by atoms with Crippen molar-refractivity contribution < 1.29 is 13.2 Å². The van der Waals surface area contributed by atoms with E-state index >= 15 is 0 Å². The lowest BCUT2D eigenvalue weighted by molar-refractivity contribution is 0.102. The summed E-state index contributed by atoms with van der Waals surface area (Å²) in [4.78, 5) is 27.1. The van der Waals surface area contributed by atoms with E-state index < -0.39 is 10.0 Å². The van der Waals surface area contributed by atoms with Crippen LogP contribution in [0.2, 0.25) is 0 Å². The first-order chi connectivity index (χ1) is 20.7. The van der Waals surface area contributed by atoms with E-state index in [2.05, 4.69) is 39.5 Å². The number of rotatable bonds is 8. The molecule has 4 heterocycles. The molecule has 43 heavy (non-hydrogen) atoms. The lowest BCUT2D eigenvalue weighted by Gasteiger charge is -2.31. The second kappa shape index (κ2) is 11.5. The van der Waals surface area contributed by atoms with Crippen molar-refractivity contribution in [2.75, 3.05) is 23.7 Å². The Hall–Kier alpha value is -4.10. The van der Waals surface area contributed by atoms with Gasteiger partial charge >= 0.3 is 0 Å². The molecule has 3 aromatic heterocycles. The lowest BCUT2D eigenvalue weighted by atomic mass is 9.93. The maximum absolute atomic E-state index is 13.6. The van der Waals surface area contributed by atoms with E-state index in [1.807, 2.05) is 31.4 Å². The van der Waals surface area contributed by atoms with Crippen LogP contribution in [0.5, 0.6) is 0 Å². The summed E-state index contributed by atoms with van der Waals surface area (Å²) in [6, 6.07) is 6.16. The standard InChI is InChI=1S/C30H37N9O3S/c1-5-19-8-7-9-20(6-2)25(19)34-29(40)27-23-11-10-21-16-31-30(35-26(21)28(23)38(4)36-27)33-22-12-14-39(15-13-22)43(41,42)24-17-37(3)18-32-24/h7-9,16-18,22H,5-6,10-15H2,1-4H3,(H,34,40)(H,31,33,35). The molecule has 1 fully saturated rings. The Morgan fingerprint density at radius 1 is 1.05 bits per heavy atom.